The fourth-order valence-corrected chi connectivity index (χ4v) is 3.23. The summed E-state index contributed by atoms with van der Waals surface area (Å²) in [5.74, 6) is 0.260. The molecule has 5 nitrogen and oxygen atoms in total. The van der Waals surface area contributed by atoms with Gasteiger partial charge < -0.3 is 9.47 Å². The molecule has 0 bridgehead atoms. The fraction of sp³-hybridized carbons (Fsp3) is 0.143. The lowest BCUT2D eigenvalue weighted by atomic mass is 10.2. The van der Waals surface area contributed by atoms with E-state index in [1.165, 1.54) is 6.07 Å². The van der Waals surface area contributed by atoms with Crippen molar-refractivity contribution in [2.75, 3.05) is 6.79 Å². The van der Waals surface area contributed by atoms with Crippen LogP contribution in [0.25, 0.3) is 0 Å². The number of nitrogens with one attached hydrogen (secondary N) is 1. The molecule has 1 heterocycles. The van der Waals surface area contributed by atoms with Crippen molar-refractivity contribution in [2.45, 2.75) is 11.4 Å². The molecule has 0 saturated carbocycles. The molecule has 116 valence electrons. The van der Waals surface area contributed by atoms with E-state index in [-0.39, 0.29) is 18.4 Å². The molecular formula is C14H11ClFNO4S. The number of rotatable bonds is 4. The van der Waals surface area contributed by atoms with Crippen molar-refractivity contribution in [1.29, 1.82) is 0 Å². The number of hydrogen-bond acceptors (Lipinski definition) is 4. The molecule has 1 aliphatic rings. The molecule has 0 unspecified atom stereocenters. The molecule has 8 heteroatoms. The minimum Gasteiger partial charge on any atom is -0.454 e. The van der Waals surface area contributed by atoms with Gasteiger partial charge in [-0.2, -0.15) is 0 Å². The molecule has 0 amide bonds. The predicted octanol–water partition coefficient (Wildman–Crippen LogP) is 2.69. The van der Waals surface area contributed by atoms with Gasteiger partial charge in [0.25, 0.3) is 0 Å². The van der Waals surface area contributed by atoms with Gasteiger partial charge in [-0.1, -0.05) is 17.7 Å². The highest BCUT2D eigenvalue weighted by atomic mass is 35.5. The second-order valence-corrected chi connectivity index (χ2v) is 6.76. The third-order valence-electron chi connectivity index (χ3n) is 3.09. The third-order valence-corrected chi connectivity index (χ3v) is 4.76. The summed E-state index contributed by atoms with van der Waals surface area (Å²) in [6, 6.07) is 8.46. The Bertz CT molecular complexity index is 826. The Kier molecular flexibility index (Phi) is 3.94. The summed E-state index contributed by atoms with van der Waals surface area (Å²) in [7, 11) is -3.98. The van der Waals surface area contributed by atoms with E-state index in [2.05, 4.69) is 4.72 Å². The van der Waals surface area contributed by atoms with Gasteiger partial charge in [-0.15, -0.1) is 0 Å². The minimum absolute atomic E-state index is 0.00103. The monoisotopic (exact) mass is 343 g/mol. The van der Waals surface area contributed by atoms with Crippen molar-refractivity contribution in [2.24, 2.45) is 0 Å². The molecule has 2 aromatic carbocycles. The normalized spacial score (nSPS) is 13.4. The number of hydrogen-bond donors (Lipinski definition) is 1. The number of ether oxygens (including phenoxy) is 2. The Morgan fingerprint density at radius 2 is 1.91 bits per heavy atom. The molecule has 0 atom stereocenters. The number of sulfonamides is 1. The minimum atomic E-state index is -3.98. The smallest absolute Gasteiger partial charge is 0.243 e. The summed E-state index contributed by atoms with van der Waals surface area (Å²) in [4.78, 5) is -0.447. The van der Waals surface area contributed by atoms with Crippen LogP contribution < -0.4 is 14.2 Å². The summed E-state index contributed by atoms with van der Waals surface area (Å²) in [5, 5.41) is 0.132. The quantitative estimate of drug-likeness (QED) is 0.927. The molecule has 22 heavy (non-hydrogen) atoms. The van der Waals surface area contributed by atoms with Gasteiger partial charge in [-0.05, 0) is 35.9 Å². The van der Waals surface area contributed by atoms with E-state index in [0.717, 1.165) is 12.1 Å². The van der Waals surface area contributed by atoms with Crippen LogP contribution in [-0.4, -0.2) is 15.2 Å². The van der Waals surface area contributed by atoms with Crippen LogP contribution in [0.4, 0.5) is 4.39 Å². The fourth-order valence-electron chi connectivity index (χ4n) is 2.00. The first-order valence-electron chi connectivity index (χ1n) is 6.29. The van der Waals surface area contributed by atoms with E-state index in [0.29, 0.717) is 17.1 Å². The molecule has 1 aliphatic heterocycles. The molecule has 1 N–H and O–H groups in total. The summed E-state index contributed by atoms with van der Waals surface area (Å²) >= 11 is 5.61. The molecule has 0 aromatic heterocycles. The third kappa shape index (κ3) is 3.01. The number of fused-ring (bicyclic) bond motifs is 1. The summed E-state index contributed by atoms with van der Waals surface area (Å²) in [5.41, 5.74) is 0.669. The van der Waals surface area contributed by atoms with E-state index in [9.17, 15) is 12.8 Å². The number of halogens is 2. The van der Waals surface area contributed by atoms with Crippen LogP contribution in [0.3, 0.4) is 0 Å². The maximum absolute atomic E-state index is 13.7. The van der Waals surface area contributed by atoms with Crippen LogP contribution in [0.1, 0.15) is 5.56 Å². The van der Waals surface area contributed by atoms with Crippen LogP contribution in [-0.2, 0) is 16.6 Å². The van der Waals surface area contributed by atoms with E-state index in [1.54, 1.807) is 18.2 Å². The van der Waals surface area contributed by atoms with Gasteiger partial charge in [0.05, 0.1) is 0 Å². The van der Waals surface area contributed by atoms with E-state index >= 15 is 0 Å². The van der Waals surface area contributed by atoms with Gasteiger partial charge in [-0.25, -0.2) is 17.5 Å². The lowest BCUT2D eigenvalue weighted by Gasteiger charge is -2.08. The zero-order chi connectivity index (χ0) is 15.7. The average molecular weight is 344 g/mol. The predicted molar refractivity (Wildman–Crippen MR) is 78.0 cm³/mol. The van der Waals surface area contributed by atoms with Gasteiger partial charge in [-0.3, -0.25) is 0 Å². The van der Waals surface area contributed by atoms with Crippen molar-refractivity contribution in [3.05, 3.63) is 52.8 Å². The standard InChI is InChI=1S/C14H11ClFNO4S/c15-10-2-4-14(11(16)6-10)22(18,19)17-7-9-1-3-12-13(5-9)21-8-20-12/h1-6,17H,7-8H2. The first kappa shape index (κ1) is 15.1. The average Bonchev–Trinajstić information content (AvgIpc) is 2.92. The molecule has 0 saturated heterocycles. The Hall–Kier alpha value is -1.83. The van der Waals surface area contributed by atoms with Gasteiger partial charge >= 0.3 is 0 Å². The maximum Gasteiger partial charge on any atom is 0.243 e. The summed E-state index contributed by atoms with van der Waals surface area (Å²) < 4.78 is 50.7. The largest absolute Gasteiger partial charge is 0.454 e. The van der Waals surface area contributed by atoms with E-state index in [1.807, 2.05) is 0 Å². The van der Waals surface area contributed by atoms with Crippen LogP contribution in [0.15, 0.2) is 41.3 Å². The van der Waals surface area contributed by atoms with Crippen molar-refractivity contribution in [1.82, 2.24) is 4.72 Å². The Balaban J connectivity index is 1.77. The zero-order valence-corrected chi connectivity index (χ0v) is 12.7. The lowest BCUT2D eigenvalue weighted by molar-refractivity contribution is 0.174. The van der Waals surface area contributed by atoms with Crippen LogP contribution in [0, 0.1) is 5.82 Å². The highest BCUT2D eigenvalue weighted by molar-refractivity contribution is 7.89. The van der Waals surface area contributed by atoms with Gasteiger partial charge in [0, 0.05) is 11.6 Å². The molecule has 3 rings (SSSR count). The highest BCUT2D eigenvalue weighted by Gasteiger charge is 2.20. The van der Waals surface area contributed by atoms with Gasteiger partial charge in [0.1, 0.15) is 10.7 Å². The SMILES string of the molecule is O=S(=O)(NCc1ccc2c(c1)OCO2)c1ccc(Cl)cc1F. The molecule has 0 radical (unpaired) electrons. The van der Waals surface area contributed by atoms with Gasteiger partial charge in [0.15, 0.2) is 11.5 Å². The summed E-state index contributed by atoms with van der Waals surface area (Å²) in [6.45, 7) is 0.140. The molecule has 0 aliphatic carbocycles. The second kappa shape index (κ2) is 5.75. The van der Waals surface area contributed by atoms with Crippen LogP contribution >= 0.6 is 11.6 Å². The maximum atomic E-state index is 13.7. The second-order valence-electron chi connectivity index (χ2n) is 4.59. The first-order chi connectivity index (χ1) is 10.5. The molecular weight excluding hydrogens is 333 g/mol. The van der Waals surface area contributed by atoms with E-state index in [4.69, 9.17) is 21.1 Å². The topological polar surface area (TPSA) is 64.6 Å². The Morgan fingerprint density at radius 3 is 2.68 bits per heavy atom. The molecule has 0 fully saturated rings. The molecule has 2 aromatic rings. The zero-order valence-electron chi connectivity index (χ0n) is 11.2. The Labute approximate surface area is 131 Å². The van der Waals surface area contributed by atoms with Crippen molar-refractivity contribution >= 4 is 21.6 Å². The van der Waals surface area contributed by atoms with Crippen LogP contribution in [0.2, 0.25) is 5.02 Å². The van der Waals surface area contributed by atoms with E-state index < -0.39 is 20.7 Å². The van der Waals surface area contributed by atoms with Crippen molar-refractivity contribution in [3.8, 4) is 11.5 Å². The van der Waals surface area contributed by atoms with Crippen molar-refractivity contribution < 1.29 is 22.3 Å². The molecule has 0 spiro atoms. The summed E-state index contributed by atoms with van der Waals surface area (Å²) in [6.07, 6.45) is 0. The first-order valence-corrected chi connectivity index (χ1v) is 8.15. The Morgan fingerprint density at radius 1 is 1.14 bits per heavy atom. The lowest BCUT2D eigenvalue weighted by Crippen LogP contribution is -2.24. The number of benzene rings is 2. The van der Waals surface area contributed by atoms with Crippen LogP contribution in [0.5, 0.6) is 11.5 Å². The van der Waals surface area contributed by atoms with Crippen molar-refractivity contribution in [3.63, 3.8) is 0 Å². The highest BCUT2D eigenvalue weighted by Crippen LogP contribution is 2.32. The van der Waals surface area contributed by atoms with Gasteiger partial charge in [0.2, 0.25) is 16.8 Å².